The van der Waals surface area contributed by atoms with E-state index in [4.69, 9.17) is 10.5 Å². The molecule has 2 amide bonds. The summed E-state index contributed by atoms with van der Waals surface area (Å²) in [6, 6.07) is 9.38. The molecule has 0 fully saturated rings. The smallest absolute Gasteiger partial charge is 0.414 e. The molecule has 0 heterocycles. The zero-order chi connectivity index (χ0) is 22.7. The quantitative estimate of drug-likeness (QED) is 0.637. The maximum atomic E-state index is 12.6. The van der Waals surface area contributed by atoms with Crippen LogP contribution in [0.3, 0.4) is 0 Å². The molecule has 0 saturated carbocycles. The molecule has 30 heavy (non-hydrogen) atoms. The molecule has 0 saturated heterocycles. The molecule has 2 aromatic rings. The van der Waals surface area contributed by atoms with Crippen LogP contribution in [-0.2, 0) is 14.8 Å². The second-order valence-corrected chi connectivity index (χ2v) is 9.10. The summed E-state index contributed by atoms with van der Waals surface area (Å²) < 4.78 is 32.9. The van der Waals surface area contributed by atoms with Gasteiger partial charge in [0, 0.05) is 17.9 Å². The third-order valence-corrected chi connectivity index (χ3v) is 5.28. The Balaban J connectivity index is 2.23. The first kappa shape index (κ1) is 23.0. The van der Waals surface area contributed by atoms with Gasteiger partial charge in [0.1, 0.15) is 11.4 Å². The lowest BCUT2D eigenvalue weighted by Gasteiger charge is -2.26. The highest BCUT2D eigenvalue weighted by Crippen LogP contribution is 2.25. The first-order valence-electron chi connectivity index (χ1n) is 9.10. The van der Waals surface area contributed by atoms with Crippen molar-refractivity contribution in [3.63, 3.8) is 0 Å². The number of primary amides is 1. The van der Waals surface area contributed by atoms with Gasteiger partial charge in [-0.3, -0.25) is 14.4 Å². The predicted molar refractivity (Wildman–Crippen MR) is 113 cm³/mol. The summed E-state index contributed by atoms with van der Waals surface area (Å²) >= 11 is 0. The van der Waals surface area contributed by atoms with Gasteiger partial charge in [-0.15, -0.1) is 0 Å². The van der Waals surface area contributed by atoms with Crippen LogP contribution in [0.25, 0.3) is 0 Å². The maximum Gasteiger partial charge on any atom is 0.414 e. The molecule has 0 atom stereocenters. The Morgan fingerprint density at radius 2 is 1.73 bits per heavy atom. The highest BCUT2D eigenvalue weighted by molar-refractivity contribution is 7.92. The van der Waals surface area contributed by atoms with Crippen LogP contribution < -0.4 is 15.4 Å². The number of aromatic hydroxyl groups is 1. The highest BCUT2D eigenvalue weighted by atomic mass is 32.2. The molecule has 2 aromatic carbocycles. The third kappa shape index (κ3) is 5.63. The molecular weight excluding hydrogens is 410 g/mol. The fourth-order valence-corrected chi connectivity index (χ4v) is 3.62. The lowest BCUT2D eigenvalue weighted by molar-refractivity contribution is 0.0582. The van der Waals surface area contributed by atoms with Gasteiger partial charge in [0.2, 0.25) is 0 Å². The van der Waals surface area contributed by atoms with Gasteiger partial charge < -0.3 is 15.6 Å². The number of benzene rings is 2. The fourth-order valence-electron chi connectivity index (χ4n) is 2.54. The molecular formula is C20H25N3O6S. The Morgan fingerprint density at radius 3 is 2.23 bits per heavy atom. The summed E-state index contributed by atoms with van der Waals surface area (Å²) in [7, 11) is -4.04. The minimum atomic E-state index is -4.04. The number of ether oxygens (including phenoxy) is 1. The molecule has 0 aliphatic heterocycles. The summed E-state index contributed by atoms with van der Waals surface area (Å²) in [6.07, 6.45) is -0.513. The highest BCUT2D eigenvalue weighted by Gasteiger charge is 2.23. The molecule has 162 valence electrons. The van der Waals surface area contributed by atoms with Crippen molar-refractivity contribution in [1.29, 1.82) is 0 Å². The summed E-state index contributed by atoms with van der Waals surface area (Å²) in [5, 5.41) is 9.62. The summed E-state index contributed by atoms with van der Waals surface area (Å²) in [6.45, 7) is 7.46. The second kappa shape index (κ2) is 8.62. The van der Waals surface area contributed by atoms with E-state index in [1.54, 1.807) is 39.8 Å². The number of hydrogen-bond acceptors (Lipinski definition) is 6. The topological polar surface area (TPSA) is 139 Å². The number of amides is 2. The van der Waals surface area contributed by atoms with Crippen molar-refractivity contribution < 1.29 is 27.9 Å². The van der Waals surface area contributed by atoms with Gasteiger partial charge in [0.15, 0.2) is 0 Å². The minimum absolute atomic E-state index is 0.234. The summed E-state index contributed by atoms with van der Waals surface area (Å²) in [5.41, 5.74) is 4.98. The Kier molecular flexibility index (Phi) is 6.61. The predicted octanol–water partition coefficient (Wildman–Crippen LogP) is 3.05. The van der Waals surface area contributed by atoms with E-state index in [9.17, 15) is 23.1 Å². The second-order valence-electron chi connectivity index (χ2n) is 7.42. The number of rotatable bonds is 6. The number of phenols is 1. The Hall–Kier alpha value is -3.27. The molecule has 10 heteroatoms. The van der Waals surface area contributed by atoms with Crippen molar-refractivity contribution in [3.8, 4) is 5.75 Å². The number of sulfonamides is 1. The average Bonchev–Trinajstić information content (AvgIpc) is 2.62. The maximum absolute atomic E-state index is 12.6. The van der Waals surface area contributed by atoms with E-state index in [0.717, 1.165) is 18.2 Å². The molecule has 0 spiro atoms. The van der Waals surface area contributed by atoms with E-state index < -0.39 is 33.4 Å². The number of nitrogens with two attached hydrogens (primary N) is 1. The van der Waals surface area contributed by atoms with Gasteiger partial charge in [-0.1, -0.05) is 0 Å². The van der Waals surface area contributed by atoms with Crippen molar-refractivity contribution in [2.75, 3.05) is 16.2 Å². The molecule has 0 aliphatic rings. The number of carbonyl (C=O) groups excluding carboxylic acids is 2. The third-order valence-electron chi connectivity index (χ3n) is 3.91. The Bertz CT molecular complexity index is 1040. The van der Waals surface area contributed by atoms with Crippen LogP contribution in [0.5, 0.6) is 5.75 Å². The molecule has 0 unspecified atom stereocenters. The van der Waals surface area contributed by atoms with Crippen molar-refractivity contribution in [2.24, 2.45) is 5.73 Å². The lowest BCUT2D eigenvalue weighted by Crippen LogP contribution is -2.36. The van der Waals surface area contributed by atoms with Crippen LogP contribution in [0.15, 0.2) is 47.4 Å². The first-order valence-corrected chi connectivity index (χ1v) is 10.6. The van der Waals surface area contributed by atoms with Crippen LogP contribution in [0.2, 0.25) is 0 Å². The minimum Gasteiger partial charge on any atom is -0.507 e. The number of nitrogens with one attached hydrogen (secondary N) is 1. The fraction of sp³-hybridized carbons (Fsp3) is 0.300. The van der Waals surface area contributed by atoms with Gasteiger partial charge in [-0.2, -0.15) is 0 Å². The average molecular weight is 436 g/mol. The normalized spacial score (nSPS) is 11.6. The first-order chi connectivity index (χ1) is 13.8. The molecule has 0 aromatic heterocycles. The van der Waals surface area contributed by atoms with E-state index in [1.807, 2.05) is 0 Å². The van der Waals surface area contributed by atoms with Gasteiger partial charge in [0.25, 0.3) is 15.9 Å². The standard InChI is InChI=1S/C20H25N3O6S/c1-5-23(19(26)29-20(2,3)4)14-8-6-13(7-9-14)22-30(27,28)15-10-11-17(24)16(12-15)18(21)25/h6-12,22,24H,5H2,1-4H3,(H2,21,25). The molecule has 0 bridgehead atoms. The molecule has 0 radical (unpaired) electrons. The van der Waals surface area contributed by atoms with Crippen LogP contribution in [0, 0.1) is 0 Å². The Morgan fingerprint density at radius 1 is 1.13 bits per heavy atom. The van der Waals surface area contributed by atoms with Crippen molar-refractivity contribution in [2.45, 2.75) is 38.2 Å². The summed E-state index contributed by atoms with van der Waals surface area (Å²) in [4.78, 5) is 24.9. The van der Waals surface area contributed by atoms with Crippen molar-refractivity contribution in [1.82, 2.24) is 0 Å². The zero-order valence-corrected chi connectivity index (χ0v) is 18.0. The van der Waals surface area contributed by atoms with E-state index in [2.05, 4.69) is 4.72 Å². The number of nitrogens with zero attached hydrogens (tertiary/aromatic N) is 1. The molecule has 9 nitrogen and oxygen atoms in total. The van der Waals surface area contributed by atoms with Crippen LogP contribution in [0.1, 0.15) is 38.1 Å². The summed E-state index contributed by atoms with van der Waals surface area (Å²) in [5.74, 6) is -1.36. The molecule has 2 rings (SSSR count). The van der Waals surface area contributed by atoms with Crippen molar-refractivity contribution >= 4 is 33.4 Å². The van der Waals surface area contributed by atoms with Gasteiger partial charge in [-0.05, 0) is 70.2 Å². The van der Waals surface area contributed by atoms with Crippen LogP contribution >= 0.6 is 0 Å². The largest absolute Gasteiger partial charge is 0.507 e. The van der Waals surface area contributed by atoms with E-state index in [0.29, 0.717) is 12.2 Å². The Labute approximate surface area is 175 Å². The van der Waals surface area contributed by atoms with Crippen LogP contribution in [0.4, 0.5) is 16.2 Å². The SMILES string of the molecule is CCN(C(=O)OC(C)(C)C)c1ccc(NS(=O)(=O)c2ccc(O)c(C(N)=O)c2)cc1. The van der Waals surface area contributed by atoms with Crippen LogP contribution in [-0.4, -0.2) is 37.7 Å². The molecule has 4 N–H and O–H groups in total. The lowest BCUT2D eigenvalue weighted by atomic mass is 10.2. The van der Waals surface area contributed by atoms with E-state index in [-0.39, 0.29) is 16.1 Å². The monoisotopic (exact) mass is 435 g/mol. The van der Waals surface area contributed by atoms with Gasteiger partial charge in [0.05, 0.1) is 10.5 Å². The number of carbonyl (C=O) groups is 2. The van der Waals surface area contributed by atoms with Crippen molar-refractivity contribution in [3.05, 3.63) is 48.0 Å². The van der Waals surface area contributed by atoms with Gasteiger partial charge in [-0.25, -0.2) is 13.2 Å². The number of hydrogen-bond donors (Lipinski definition) is 3. The zero-order valence-electron chi connectivity index (χ0n) is 17.2. The molecule has 0 aliphatic carbocycles. The van der Waals surface area contributed by atoms with E-state index in [1.165, 1.54) is 17.0 Å². The number of anilines is 2. The van der Waals surface area contributed by atoms with Gasteiger partial charge >= 0.3 is 6.09 Å². The van der Waals surface area contributed by atoms with E-state index >= 15 is 0 Å².